The lowest BCUT2D eigenvalue weighted by molar-refractivity contribution is 0.472. The van der Waals surface area contributed by atoms with Gasteiger partial charge in [-0.3, -0.25) is 0 Å². The average molecular weight is 277 g/mol. The van der Waals surface area contributed by atoms with Gasteiger partial charge in [0.2, 0.25) is 0 Å². The number of hydrogen-bond donors (Lipinski definition) is 1. The number of aromatic hydroxyl groups is 1. The number of terminal acetylenes is 1. The molecule has 0 spiro atoms. The zero-order valence-electron chi connectivity index (χ0n) is 11.0. The first-order valence-corrected chi connectivity index (χ1v) is 6.26. The Labute approximate surface area is 117 Å². The molecule has 1 nitrogen and oxygen atoms in total. The van der Waals surface area contributed by atoms with Crippen molar-refractivity contribution >= 4 is 22.4 Å². The SMILES string of the molecule is C#Cc1c(F)ccc2c(Cl)c(O)cc(C(C)(C)C)c12. The van der Waals surface area contributed by atoms with Crippen LogP contribution in [0, 0.1) is 18.2 Å². The maximum absolute atomic E-state index is 13.9. The van der Waals surface area contributed by atoms with E-state index < -0.39 is 5.82 Å². The summed E-state index contributed by atoms with van der Waals surface area (Å²) < 4.78 is 13.9. The maximum Gasteiger partial charge on any atom is 0.139 e. The van der Waals surface area contributed by atoms with Gasteiger partial charge in [0.1, 0.15) is 11.6 Å². The van der Waals surface area contributed by atoms with Crippen molar-refractivity contribution in [3.8, 4) is 18.1 Å². The number of rotatable bonds is 0. The molecule has 0 aliphatic heterocycles. The van der Waals surface area contributed by atoms with E-state index in [9.17, 15) is 9.50 Å². The summed E-state index contributed by atoms with van der Waals surface area (Å²) in [4.78, 5) is 0. The van der Waals surface area contributed by atoms with Crippen LogP contribution in [0.3, 0.4) is 0 Å². The molecule has 0 bridgehead atoms. The van der Waals surface area contributed by atoms with E-state index in [0.717, 1.165) is 5.56 Å². The molecule has 98 valence electrons. The van der Waals surface area contributed by atoms with E-state index in [1.54, 1.807) is 12.1 Å². The van der Waals surface area contributed by atoms with Crippen molar-refractivity contribution in [1.82, 2.24) is 0 Å². The van der Waals surface area contributed by atoms with Crippen LogP contribution < -0.4 is 0 Å². The van der Waals surface area contributed by atoms with Gasteiger partial charge in [0.25, 0.3) is 0 Å². The Balaban J connectivity index is 3.09. The van der Waals surface area contributed by atoms with Crippen LogP contribution in [0.2, 0.25) is 5.02 Å². The molecule has 0 fully saturated rings. The van der Waals surface area contributed by atoms with Crippen molar-refractivity contribution in [3.63, 3.8) is 0 Å². The highest BCUT2D eigenvalue weighted by Gasteiger charge is 2.23. The predicted molar refractivity (Wildman–Crippen MR) is 77.2 cm³/mol. The number of phenols is 1. The molecule has 0 amide bonds. The summed E-state index contributed by atoms with van der Waals surface area (Å²) in [6.07, 6.45) is 5.42. The molecule has 0 saturated heterocycles. The highest BCUT2D eigenvalue weighted by molar-refractivity contribution is 6.37. The van der Waals surface area contributed by atoms with Crippen molar-refractivity contribution in [2.24, 2.45) is 0 Å². The zero-order chi connectivity index (χ0) is 14.4. The second kappa shape index (κ2) is 4.43. The minimum atomic E-state index is -0.456. The van der Waals surface area contributed by atoms with Gasteiger partial charge in [-0.25, -0.2) is 4.39 Å². The summed E-state index contributed by atoms with van der Waals surface area (Å²) >= 11 is 6.09. The lowest BCUT2D eigenvalue weighted by Crippen LogP contribution is -2.12. The van der Waals surface area contributed by atoms with E-state index >= 15 is 0 Å². The summed E-state index contributed by atoms with van der Waals surface area (Å²) in [6, 6.07) is 4.38. The molecule has 2 aromatic rings. The molecule has 19 heavy (non-hydrogen) atoms. The number of phenolic OH excluding ortho intramolecular Hbond substituents is 1. The van der Waals surface area contributed by atoms with Crippen LogP contribution in [0.5, 0.6) is 5.75 Å². The van der Waals surface area contributed by atoms with E-state index in [2.05, 4.69) is 5.92 Å². The monoisotopic (exact) mass is 276 g/mol. The van der Waals surface area contributed by atoms with Gasteiger partial charge in [0.05, 0.1) is 10.6 Å². The third-order valence-electron chi connectivity index (χ3n) is 3.12. The molecule has 0 aromatic heterocycles. The van der Waals surface area contributed by atoms with Crippen molar-refractivity contribution < 1.29 is 9.50 Å². The fraction of sp³-hybridized carbons (Fsp3) is 0.250. The van der Waals surface area contributed by atoms with Crippen molar-refractivity contribution in [3.05, 3.63) is 40.2 Å². The van der Waals surface area contributed by atoms with Crippen LogP contribution in [-0.4, -0.2) is 5.11 Å². The summed E-state index contributed by atoms with van der Waals surface area (Å²) in [5.74, 6) is 1.91. The van der Waals surface area contributed by atoms with Crippen molar-refractivity contribution in [2.75, 3.05) is 0 Å². The molecule has 3 heteroatoms. The molecular weight excluding hydrogens is 263 g/mol. The molecular formula is C16H14ClFO. The largest absolute Gasteiger partial charge is 0.506 e. The average Bonchev–Trinajstić information content (AvgIpc) is 2.32. The maximum atomic E-state index is 13.9. The molecule has 0 saturated carbocycles. The van der Waals surface area contributed by atoms with Crippen LogP contribution in [0.15, 0.2) is 18.2 Å². The quantitative estimate of drug-likeness (QED) is 0.696. The molecule has 2 rings (SSSR count). The van der Waals surface area contributed by atoms with E-state index in [1.807, 2.05) is 20.8 Å². The first kappa shape index (κ1) is 13.7. The van der Waals surface area contributed by atoms with Gasteiger partial charge in [0.15, 0.2) is 0 Å². The summed E-state index contributed by atoms with van der Waals surface area (Å²) in [7, 11) is 0. The molecule has 0 atom stereocenters. The third kappa shape index (κ3) is 2.15. The van der Waals surface area contributed by atoms with Gasteiger partial charge < -0.3 is 5.11 Å². The third-order valence-corrected chi connectivity index (χ3v) is 3.52. The summed E-state index contributed by atoms with van der Waals surface area (Å²) in [5, 5.41) is 11.3. The highest BCUT2D eigenvalue weighted by Crippen LogP contribution is 2.41. The van der Waals surface area contributed by atoms with Crippen LogP contribution in [0.4, 0.5) is 4.39 Å². The Morgan fingerprint density at radius 1 is 1.32 bits per heavy atom. The topological polar surface area (TPSA) is 20.2 Å². The Bertz CT molecular complexity index is 705. The number of benzene rings is 2. The Morgan fingerprint density at radius 2 is 1.95 bits per heavy atom. The fourth-order valence-corrected chi connectivity index (χ4v) is 2.39. The lowest BCUT2D eigenvalue weighted by Gasteiger charge is -2.23. The van der Waals surface area contributed by atoms with Gasteiger partial charge in [0, 0.05) is 10.8 Å². The first-order chi connectivity index (χ1) is 8.77. The van der Waals surface area contributed by atoms with E-state index in [4.69, 9.17) is 18.0 Å². The lowest BCUT2D eigenvalue weighted by atomic mass is 9.82. The smallest absolute Gasteiger partial charge is 0.139 e. The molecule has 0 radical (unpaired) electrons. The molecule has 2 aromatic carbocycles. The van der Waals surface area contributed by atoms with Crippen molar-refractivity contribution in [2.45, 2.75) is 26.2 Å². The van der Waals surface area contributed by atoms with Gasteiger partial charge >= 0.3 is 0 Å². The predicted octanol–water partition coefficient (Wildman–Crippen LogP) is 4.62. The van der Waals surface area contributed by atoms with Crippen LogP contribution >= 0.6 is 11.6 Å². The molecule has 0 unspecified atom stereocenters. The molecule has 1 N–H and O–H groups in total. The van der Waals surface area contributed by atoms with Crippen LogP contribution in [-0.2, 0) is 5.41 Å². The normalized spacial score (nSPS) is 11.6. The van der Waals surface area contributed by atoms with Crippen LogP contribution in [0.1, 0.15) is 31.9 Å². The standard InChI is InChI=1S/C16H14ClFO/c1-5-9-12(18)7-6-10-14(9)11(16(2,3)4)8-13(19)15(10)17/h1,6-8,19H,2-4H3. The van der Waals surface area contributed by atoms with Gasteiger partial charge in [-0.05, 0) is 29.2 Å². The van der Waals surface area contributed by atoms with Gasteiger partial charge in [-0.15, -0.1) is 6.42 Å². The molecule has 0 heterocycles. The van der Waals surface area contributed by atoms with E-state index in [1.165, 1.54) is 6.07 Å². The van der Waals surface area contributed by atoms with E-state index in [0.29, 0.717) is 10.8 Å². The van der Waals surface area contributed by atoms with Crippen molar-refractivity contribution in [1.29, 1.82) is 0 Å². The van der Waals surface area contributed by atoms with E-state index in [-0.39, 0.29) is 21.8 Å². The summed E-state index contributed by atoms with van der Waals surface area (Å²) in [5.41, 5.74) is 0.667. The van der Waals surface area contributed by atoms with Crippen LogP contribution in [0.25, 0.3) is 10.8 Å². The van der Waals surface area contributed by atoms with Gasteiger partial charge in [-0.1, -0.05) is 38.3 Å². The number of hydrogen-bond acceptors (Lipinski definition) is 1. The minimum Gasteiger partial charge on any atom is -0.506 e. The number of halogens is 2. The zero-order valence-corrected chi connectivity index (χ0v) is 11.8. The second-order valence-electron chi connectivity index (χ2n) is 5.50. The molecule has 0 aliphatic rings. The number of fused-ring (bicyclic) bond motifs is 1. The first-order valence-electron chi connectivity index (χ1n) is 5.88. The second-order valence-corrected chi connectivity index (χ2v) is 5.87. The minimum absolute atomic E-state index is 0.0197. The fourth-order valence-electron chi connectivity index (χ4n) is 2.18. The van der Waals surface area contributed by atoms with Gasteiger partial charge in [-0.2, -0.15) is 0 Å². The Morgan fingerprint density at radius 3 is 2.47 bits per heavy atom. The Hall–Kier alpha value is -1.72. The Kier molecular flexibility index (Phi) is 3.20. The highest BCUT2D eigenvalue weighted by atomic mass is 35.5. The summed E-state index contributed by atoms with van der Waals surface area (Å²) in [6.45, 7) is 5.92. The molecule has 0 aliphatic carbocycles.